The van der Waals surface area contributed by atoms with E-state index in [2.05, 4.69) is 14.8 Å². The van der Waals surface area contributed by atoms with Crippen molar-refractivity contribution in [3.8, 4) is 45.1 Å². The van der Waals surface area contributed by atoms with E-state index in [1.165, 1.54) is 43.3 Å². The summed E-state index contributed by atoms with van der Waals surface area (Å²) in [7, 11) is 0. The highest BCUT2D eigenvalue weighted by molar-refractivity contribution is 6.30. The van der Waals surface area contributed by atoms with E-state index in [1.807, 2.05) is 0 Å². The highest BCUT2D eigenvalue weighted by atomic mass is 35.5. The average Bonchev–Trinajstić information content (AvgIpc) is 3.50. The molecule has 14 heteroatoms. The van der Waals surface area contributed by atoms with E-state index < -0.39 is 36.4 Å². The third kappa shape index (κ3) is 6.22. The second kappa shape index (κ2) is 11.0. The molecule has 5 aromatic rings. The number of alkyl halides is 6. The van der Waals surface area contributed by atoms with Crippen LogP contribution >= 0.6 is 11.6 Å². The van der Waals surface area contributed by atoms with Gasteiger partial charge in [0.15, 0.2) is 17.3 Å². The minimum Gasteiger partial charge on any atom is -0.440 e. The van der Waals surface area contributed by atoms with Gasteiger partial charge in [-0.25, -0.2) is 14.1 Å². The Morgan fingerprint density at radius 1 is 0.907 bits per heavy atom. The molecule has 1 N–H and O–H groups in total. The van der Waals surface area contributed by atoms with Gasteiger partial charge in [0.2, 0.25) is 0 Å². The van der Waals surface area contributed by atoms with Crippen molar-refractivity contribution in [1.29, 1.82) is 0 Å². The normalized spacial score (nSPS) is 12.2. The molecule has 0 aliphatic rings. The van der Waals surface area contributed by atoms with Gasteiger partial charge in [0, 0.05) is 29.7 Å². The summed E-state index contributed by atoms with van der Waals surface area (Å²) in [5.74, 6) is -0.934. The number of hydrogen-bond acceptors (Lipinski definition) is 5. The summed E-state index contributed by atoms with van der Waals surface area (Å²) in [5, 5.41) is 12.8. The van der Waals surface area contributed by atoms with E-state index in [4.69, 9.17) is 16.0 Å². The van der Waals surface area contributed by atoms with Crippen LogP contribution in [-0.4, -0.2) is 26.2 Å². The van der Waals surface area contributed by atoms with Crippen LogP contribution in [0.3, 0.4) is 0 Å². The number of rotatable bonds is 6. The van der Waals surface area contributed by atoms with Crippen molar-refractivity contribution in [3.63, 3.8) is 0 Å². The van der Waals surface area contributed by atoms with Gasteiger partial charge in [-0.15, -0.1) is 13.2 Å². The maximum absolute atomic E-state index is 14.8. The fourth-order valence-electron chi connectivity index (χ4n) is 4.51. The Morgan fingerprint density at radius 3 is 2.16 bits per heavy atom. The van der Waals surface area contributed by atoms with Gasteiger partial charge in [-0.05, 0) is 66.1 Å². The Kier molecular flexibility index (Phi) is 7.73. The van der Waals surface area contributed by atoms with E-state index in [0.29, 0.717) is 22.8 Å². The third-order valence-electron chi connectivity index (χ3n) is 6.43. The first-order chi connectivity index (χ1) is 20.1. The smallest absolute Gasteiger partial charge is 0.440 e. The van der Waals surface area contributed by atoms with Gasteiger partial charge in [0.1, 0.15) is 22.4 Å². The number of hydrogen-bond donors (Lipinski definition) is 1. The molecule has 5 rings (SSSR count). The lowest BCUT2D eigenvalue weighted by Gasteiger charge is -2.14. The number of aromatic nitrogens is 3. The van der Waals surface area contributed by atoms with Crippen molar-refractivity contribution >= 4 is 11.6 Å². The Balaban J connectivity index is 1.72. The molecule has 224 valence electrons. The molecule has 6 nitrogen and oxygen atoms in total. The van der Waals surface area contributed by atoms with Crippen molar-refractivity contribution in [2.24, 2.45) is 0 Å². The van der Waals surface area contributed by atoms with Gasteiger partial charge in [-0.1, -0.05) is 23.7 Å². The van der Waals surface area contributed by atoms with E-state index >= 15 is 0 Å². The number of aliphatic hydroxyl groups is 1. The second-order valence-corrected chi connectivity index (χ2v) is 9.78. The molecule has 0 saturated carbocycles. The van der Waals surface area contributed by atoms with E-state index in [0.717, 1.165) is 16.8 Å². The average molecular weight is 626 g/mol. The lowest BCUT2D eigenvalue weighted by Crippen LogP contribution is -2.16. The number of aliphatic hydroxyl groups excluding tert-OH is 1. The molecule has 0 atom stereocenters. The Labute approximate surface area is 243 Å². The lowest BCUT2D eigenvalue weighted by molar-refractivity contribution is -0.274. The van der Waals surface area contributed by atoms with Gasteiger partial charge < -0.3 is 14.3 Å². The van der Waals surface area contributed by atoms with Gasteiger partial charge in [-0.2, -0.15) is 18.3 Å². The van der Waals surface area contributed by atoms with Crippen LogP contribution in [0.5, 0.6) is 5.75 Å². The summed E-state index contributed by atoms with van der Waals surface area (Å²) >= 11 is 6.19. The molecule has 0 aliphatic heterocycles. The van der Waals surface area contributed by atoms with Crippen LogP contribution in [0.25, 0.3) is 39.4 Å². The zero-order valence-electron chi connectivity index (χ0n) is 22.1. The van der Waals surface area contributed by atoms with Gasteiger partial charge in [0.25, 0.3) is 0 Å². The van der Waals surface area contributed by atoms with Crippen LogP contribution in [-0.2, 0) is 12.8 Å². The second-order valence-electron chi connectivity index (χ2n) is 9.39. The number of halogens is 8. The van der Waals surface area contributed by atoms with Crippen molar-refractivity contribution in [2.75, 3.05) is 0 Å². The predicted molar refractivity (Wildman–Crippen MR) is 142 cm³/mol. The Hall–Kier alpha value is -4.36. The molecule has 3 aromatic carbocycles. The standard InChI is InChI=1S/C29H19ClF7N3O3/c1-14-9-18(11-22(31)21(14)13-41)17-5-8-23(40-25(30)12-24(39-40)28(32,33)34)20(10-17)26-27(42-15(2)38-26)16-3-6-19(7-4-16)43-29(35,36)37/h3-12,41H,13H2,1-2H3. The van der Waals surface area contributed by atoms with E-state index in [9.17, 15) is 35.8 Å². The Bertz CT molecular complexity index is 1790. The summed E-state index contributed by atoms with van der Waals surface area (Å²) in [6.07, 6.45) is -9.70. The molecule has 0 fully saturated rings. The third-order valence-corrected chi connectivity index (χ3v) is 6.70. The molecule has 0 radical (unpaired) electrons. The fraction of sp³-hybridized carbons (Fsp3) is 0.172. The molecule has 2 aromatic heterocycles. The van der Waals surface area contributed by atoms with Crippen LogP contribution in [0.4, 0.5) is 30.7 Å². The number of oxazole rings is 1. The number of ether oxygens (including phenoxy) is 1. The molecule has 0 amide bonds. The molecular formula is C29H19ClF7N3O3. The zero-order valence-corrected chi connectivity index (χ0v) is 22.9. The number of aryl methyl sites for hydroxylation is 2. The molecule has 0 saturated heterocycles. The lowest BCUT2D eigenvalue weighted by atomic mass is 9.95. The zero-order chi connectivity index (χ0) is 31.3. The highest BCUT2D eigenvalue weighted by Gasteiger charge is 2.35. The first-order valence-corrected chi connectivity index (χ1v) is 12.7. The van der Waals surface area contributed by atoms with Crippen LogP contribution in [0.2, 0.25) is 5.15 Å². The molecule has 0 aliphatic carbocycles. The van der Waals surface area contributed by atoms with Crippen LogP contribution in [0.1, 0.15) is 22.7 Å². The maximum atomic E-state index is 14.8. The fourth-order valence-corrected chi connectivity index (χ4v) is 4.74. The molecule has 0 spiro atoms. The van der Waals surface area contributed by atoms with Crippen molar-refractivity contribution in [2.45, 2.75) is 33.0 Å². The largest absolute Gasteiger partial charge is 0.573 e. The van der Waals surface area contributed by atoms with Crippen LogP contribution in [0, 0.1) is 19.7 Å². The highest BCUT2D eigenvalue weighted by Crippen LogP contribution is 2.41. The SMILES string of the molecule is Cc1nc(-c2cc(-c3cc(C)c(CO)c(F)c3)ccc2-n2nc(C(F)(F)F)cc2Cl)c(-c2ccc(OC(F)(F)F)cc2)o1. The summed E-state index contributed by atoms with van der Waals surface area (Å²) in [6, 6.07) is 12.7. The van der Waals surface area contributed by atoms with Crippen molar-refractivity contribution < 1.29 is 45.0 Å². The predicted octanol–water partition coefficient (Wildman–Crippen LogP) is 8.68. The number of nitrogens with zero attached hydrogens (tertiary/aromatic N) is 3. The summed E-state index contributed by atoms with van der Waals surface area (Å²) in [4.78, 5) is 4.42. The first-order valence-electron chi connectivity index (χ1n) is 12.4. The van der Waals surface area contributed by atoms with Crippen LogP contribution < -0.4 is 4.74 Å². The molecular weight excluding hydrogens is 607 g/mol. The van der Waals surface area contributed by atoms with Gasteiger partial charge >= 0.3 is 12.5 Å². The minimum absolute atomic E-state index is 0.0556. The quantitative estimate of drug-likeness (QED) is 0.191. The van der Waals surface area contributed by atoms with E-state index in [1.54, 1.807) is 13.0 Å². The summed E-state index contributed by atoms with van der Waals surface area (Å²) in [5.41, 5.74) is 0.733. The molecule has 0 bridgehead atoms. The van der Waals surface area contributed by atoms with Crippen LogP contribution in [0.15, 0.2) is 65.1 Å². The molecule has 2 heterocycles. The minimum atomic E-state index is -4.91. The van der Waals surface area contributed by atoms with Crippen molar-refractivity contribution in [3.05, 3.63) is 94.3 Å². The van der Waals surface area contributed by atoms with Gasteiger partial charge in [-0.3, -0.25) is 0 Å². The molecule has 43 heavy (non-hydrogen) atoms. The van der Waals surface area contributed by atoms with Crippen molar-refractivity contribution in [1.82, 2.24) is 14.8 Å². The number of benzene rings is 3. The first kappa shape index (κ1) is 30.1. The topological polar surface area (TPSA) is 73.3 Å². The van der Waals surface area contributed by atoms with E-state index in [-0.39, 0.29) is 44.9 Å². The van der Waals surface area contributed by atoms with Gasteiger partial charge in [0.05, 0.1) is 12.3 Å². The Morgan fingerprint density at radius 2 is 1.58 bits per heavy atom. The molecule has 0 unspecified atom stereocenters. The summed E-state index contributed by atoms with van der Waals surface area (Å²) in [6.45, 7) is 2.60. The maximum Gasteiger partial charge on any atom is 0.573 e. The monoisotopic (exact) mass is 625 g/mol. The summed E-state index contributed by atoms with van der Waals surface area (Å²) < 4.78 is 104.